The van der Waals surface area contributed by atoms with Crippen molar-refractivity contribution >= 4 is 27.7 Å². The fraction of sp³-hybridized carbons (Fsp3) is 0.444. The number of halogens is 1. The maximum atomic E-state index is 12.8. The van der Waals surface area contributed by atoms with Crippen LogP contribution in [0, 0.1) is 6.92 Å². The molecule has 0 unspecified atom stereocenters. The summed E-state index contributed by atoms with van der Waals surface area (Å²) in [5.41, 5.74) is 0.947. The molecule has 2 heterocycles. The van der Waals surface area contributed by atoms with Crippen molar-refractivity contribution < 1.29 is 13.2 Å². The predicted octanol–water partition coefficient (Wildman–Crippen LogP) is 1.99. The number of nitrogens with one attached hydrogen (secondary N) is 1. The highest BCUT2D eigenvalue weighted by molar-refractivity contribution is 7.89. The van der Waals surface area contributed by atoms with Gasteiger partial charge in [0.25, 0.3) is 10.0 Å². The molecule has 28 heavy (non-hydrogen) atoms. The number of carbonyl (C=O) groups is 1. The van der Waals surface area contributed by atoms with Crippen LogP contribution in [0.2, 0.25) is 5.02 Å². The Balaban J connectivity index is 1.59. The number of aromatic nitrogens is 2. The third-order valence-electron chi connectivity index (χ3n) is 4.79. The van der Waals surface area contributed by atoms with Gasteiger partial charge in [0.2, 0.25) is 0 Å². The SMILES string of the molecule is Cc1nc(S(=O)(=O)N2CCCN(C(=O)NCc3ccc(Cl)cc3)CC2)cn1C. The van der Waals surface area contributed by atoms with E-state index in [-0.39, 0.29) is 17.6 Å². The molecule has 0 aliphatic carbocycles. The fourth-order valence-electron chi connectivity index (χ4n) is 3.01. The lowest BCUT2D eigenvalue weighted by Gasteiger charge is -2.21. The van der Waals surface area contributed by atoms with Crippen LogP contribution in [-0.2, 0) is 23.6 Å². The van der Waals surface area contributed by atoms with E-state index in [0.717, 1.165) is 5.56 Å². The van der Waals surface area contributed by atoms with Gasteiger partial charge in [0.05, 0.1) is 0 Å². The smallest absolute Gasteiger partial charge is 0.317 e. The second kappa shape index (κ2) is 8.50. The molecule has 152 valence electrons. The Morgan fingerprint density at radius 2 is 1.89 bits per heavy atom. The molecule has 1 fully saturated rings. The van der Waals surface area contributed by atoms with Crippen LogP contribution in [-0.4, -0.2) is 59.4 Å². The standard InChI is InChI=1S/C18H24ClN5O3S/c1-14-21-17(13-22(14)2)28(26,27)24-9-3-8-23(10-11-24)18(25)20-12-15-4-6-16(19)7-5-15/h4-7,13H,3,8-12H2,1-2H3,(H,20,25). The number of hydrogen-bond acceptors (Lipinski definition) is 4. The Hall–Kier alpha value is -2.10. The molecule has 2 aromatic rings. The van der Waals surface area contributed by atoms with E-state index in [4.69, 9.17) is 11.6 Å². The lowest BCUT2D eigenvalue weighted by molar-refractivity contribution is 0.200. The summed E-state index contributed by atoms with van der Waals surface area (Å²) in [6.45, 7) is 3.58. The summed E-state index contributed by atoms with van der Waals surface area (Å²) in [6, 6.07) is 7.05. The number of carbonyl (C=O) groups excluding carboxylic acids is 1. The molecule has 8 nitrogen and oxygen atoms in total. The van der Waals surface area contributed by atoms with E-state index in [1.165, 1.54) is 10.5 Å². The number of nitrogens with zero attached hydrogens (tertiary/aromatic N) is 4. The van der Waals surface area contributed by atoms with Crippen LogP contribution in [0.4, 0.5) is 4.79 Å². The Kier molecular flexibility index (Phi) is 6.26. The van der Waals surface area contributed by atoms with Gasteiger partial charge in [-0.3, -0.25) is 0 Å². The van der Waals surface area contributed by atoms with Crippen LogP contribution in [0.25, 0.3) is 0 Å². The van der Waals surface area contributed by atoms with Gasteiger partial charge in [-0.05, 0) is 31.0 Å². The van der Waals surface area contributed by atoms with Crippen molar-refractivity contribution in [2.45, 2.75) is 24.9 Å². The summed E-state index contributed by atoms with van der Waals surface area (Å²) in [5, 5.41) is 3.57. The van der Waals surface area contributed by atoms with Gasteiger partial charge in [0.15, 0.2) is 5.03 Å². The monoisotopic (exact) mass is 425 g/mol. The molecule has 0 atom stereocenters. The number of aryl methyl sites for hydroxylation is 2. The predicted molar refractivity (Wildman–Crippen MR) is 107 cm³/mol. The minimum Gasteiger partial charge on any atom is -0.337 e. The first-order valence-corrected chi connectivity index (χ1v) is 10.9. The van der Waals surface area contributed by atoms with Crippen LogP contribution in [0.15, 0.2) is 35.5 Å². The molecule has 1 aliphatic rings. The summed E-state index contributed by atoms with van der Waals surface area (Å²) >= 11 is 5.86. The van der Waals surface area contributed by atoms with Crippen molar-refractivity contribution in [3.63, 3.8) is 0 Å². The minimum atomic E-state index is -3.67. The van der Waals surface area contributed by atoms with Gasteiger partial charge in [-0.1, -0.05) is 23.7 Å². The second-order valence-corrected chi connectivity index (χ2v) is 9.09. The Morgan fingerprint density at radius 3 is 2.54 bits per heavy atom. The van der Waals surface area contributed by atoms with Crippen molar-refractivity contribution in [3.8, 4) is 0 Å². The van der Waals surface area contributed by atoms with Gasteiger partial charge in [0, 0.05) is 51.0 Å². The number of hydrogen-bond donors (Lipinski definition) is 1. The molecule has 1 saturated heterocycles. The molecule has 0 radical (unpaired) electrons. The molecule has 2 amide bonds. The average Bonchev–Trinajstić information content (AvgIpc) is 2.87. The molecule has 1 aliphatic heterocycles. The molecule has 1 aromatic heterocycles. The second-order valence-electron chi connectivity index (χ2n) is 6.77. The van der Waals surface area contributed by atoms with E-state index in [0.29, 0.717) is 43.4 Å². The first-order valence-electron chi connectivity index (χ1n) is 9.05. The highest BCUT2D eigenvalue weighted by atomic mass is 35.5. The Labute approximate surface area is 170 Å². The molecule has 0 spiro atoms. The van der Waals surface area contributed by atoms with Gasteiger partial charge >= 0.3 is 6.03 Å². The molecule has 3 rings (SSSR count). The maximum Gasteiger partial charge on any atom is 0.317 e. The Morgan fingerprint density at radius 1 is 1.18 bits per heavy atom. The number of urea groups is 1. The van der Waals surface area contributed by atoms with Gasteiger partial charge in [-0.2, -0.15) is 4.31 Å². The van der Waals surface area contributed by atoms with Crippen molar-refractivity contribution in [1.82, 2.24) is 24.1 Å². The van der Waals surface area contributed by atoms with Gasteiger partial charge in [-0.15, -0.1) is 0 Å². The number of benzene rings is 1. The third kappa shape index (κ3) is 4.65. The zero-order chi connectivity index (χ0) is 20.3. The molecule has 10 heteroatoms. The molecular weight excluding hydrogens is 402 g/mol. The van der Waals surface area contributed by atoms with Crippen LogP contribution >= 0.6 is 11.6 Å². The summed E-state index contributed by atoms with van der Waals surface area (Å²) in [4.78, 5) is 18.3. The van der Waals surface area contributed by atoms with E-state index in [1.807, 2.05) is 12.1 Å². The summed E-state index contributed by atoms with van der Waals surface area (Å²) < 4.78 is 28.8. The summed E-state index contributed by atoms with van der Waals surface area (Å²) in [5.74, 6) is 0.636. The molecule has 0 saturated carbocycles. The van der Waals surface area contributed by atoms with Gasteiger partial charge < -0.3 is 14.8 Å². The number of imidazole rings is 1. The molecule has 0 bridgehead atoms. The van der Waals surface area contributed by atoms with Crippen LogP contribution in [0.3, 0.4) is 0 Å². The van der Waals surface area contributed by atoms with Crippen LogP contribution in [0.1, 0.15) is 17.8 Å². The normalized spacial score (nSPS) is 16.0. The van der Waals surface area contributed by atoms with Crippen molar-refractivity contribution in [3.05, 3.63) is 46.9 Å². The van der Waals surface area contributed by atoms with Crippen molar-refractivity contribution in [2.24, 2.45) is 7.05 Å². The van der Waals surface area contributed by atoms with E-state index in [9.17, 15) is 13.2 Å². The summed E-state index contributed by atoms with van der Waals surface area (Å²) in [6.07, 6.45) is 2.09. The topological polar surface area (TPSA) is 87.5 Å². The Bertz CT molecular complexity index is 923. The van der Waals surface area contributed by atoms with E-state index >= 15 is 0 Å². The van der Waals surface area contributed by atoms with Crippen LogP contribution in [0.5, 0.6) is 0 Å². The highest BCUT2D eigenvalue weighted by Crippen LogP contribution is 2.17. The minimum absolute atomic E-state index is 0.0492. The number of rotatable bonds is 4. The van der Waals surface area contributed by atoms with E-state index in [1.54, 1.807) is 35.6 Å². The first kappa shape index (κ1) is 20.6. The fourth-order valence-corrected chi connectivity index (χ4v) is 4.63. The lowest BCUT2D eigenvalue weighted by atomic mass is 10.2. The quantitative estimate of drug-likeness (QED) is 0.811. The van der Waals surface area contributed by atoms with Gasteiger partial charge in [0.1, 0.15) is 5.82 Å². The summed E-state index contributed by atoms with van der Waals surface area (Å²) in [7, 11) is -1.90. The largest absolute Gasteiger partial charge is 0.337 e. The van der Waals surface area contributed by atoms with E-state index < -0.39 is 10.0 Å². The zero-order valence-electron chi connectivity index (χ0n) is 15.9. The highest BCUT2D eigenvalue weighted by Gasteiger charge is 2.30. The molecule has 1 aromatic carbocycles. The first-order chi connectivity index (χ1) is 13.3. The third-order valence-corrected chi connectivity index (χ3v) is 6.81. The molecule has 1 N–H and O–H groups in total. The molecular formula is C18H24ClN5O3S. The van der Waals surface area contributed by atoms with Crippen LogP contribution < -0.4 is 5.32 Å². The zero-order valence-corrected chi connectivity index (χ0v) is 17.5. The number of sulfonamides is 1. The lowest BCUT2D eigenvalue weighted by Crippen LogP contribution is -2.42. The number of amides is 2. The van der Waals surface area contributed by atoms with Crippen molar-refractivity contribution in [2.75, 3.05) is 26.2 Å². The van der Waals surface area contributed by atoms with Gasteiger partial charge in [-0.25, -0.2) is 18.2 Å². The van der Waals surface area contributed by atoms with E-state index in [2.05, 4.69) is 10.3 Å². The maximum absolute atomic E-state index is 12.8. The van der Waals surface area contributed by atoms with Crippen molar-refractivity contribution in [1.29, 1.82) is 0 Å². The average molecular weight is 426 g/mol.